The molecule has 1 aromatic heterocycles. The first-order valence-electron chi connectivity index (χ1n) is 8.74. The van der Waals surface area contributed by atoms with Gasteiger partial charge in [-0.25, -0.2) is 13.8 Å². The predicted molar refractivity (Wildman–Crippen MR) is 94.2 cm³/mol. The van der Waals surface area contributed by atoms with Crippen LogP contribution in [-0.4, -0.2) is 63.9 Å². The average Bonchev–Trinajstić information content (AvgIpc) is 2.63. The molecule has 0 N–H and O–H groups in total. The van der Waals surface area contributed by atoms with E-state index in [0.29, 0.717) is 37.1 Å². The number of rotatable bonds is 5. The van der Waals surface area contributed by atoms with Gasteiger partial charge >= 0.3 is 0 Å². The molecule has 0 aliphatic carbocycles. The second-order valence-electron chi connectivity index (χ2n) is 6.46. The molecule has 140 valence electrons. The van der Waals surface area contributed by atoms with Gasteiger partial charge < -0.3 is 4.90 Å². The van der Waals surface area contributed by atoms with Crippen molar-refractivity contribution in [3.8, 4) is 0 Å². The zero-order valence-corrected chi connectivity index (χ0v) is 14.6. The van der Waals surface area contributed by atoms with E-state index < -0.39 is 6.43 Å². The number of hydrogen-bond donors (Lipinski definition) is 0. The summed E-state index contributed by atoms with van der Waals surface area (Å²) in [6.45, 7) is 2.79. The van der Waals surface area contributed by atoms with Crippen molar-refractivity contribution in [2.75, 3.05) is 26.2 Å². The molecule has 0 saturated carbocycles. The molecule has 1 aliphatic rings. The third-order valence-corrected chi connectivity index (χ3v) is 4.85. The molecule has 2 aromatic rings. The van der Waals surface area contributed by atoms with E-state index in [2.05, 4.69) is 4.98 Å². The van der Waals surface area contributed by atoms with Crippen molar-refractivity contribution < 1.29 is 13.6 Å². The Bertz CT molecular complexity index is 839. The second-order valence-corrected chi connectivity index (χ2v) is 6.46. The highest BCUT2D eigenvalue weighted by molar-refractivity contribution is 5.80. The summed E-state index contributed by atoms with van der Waals surface area (Å²) in [6.07, 6.45) is -0.479. The monoisotopic (exact) mass is 364 g/mol. The number of fused-ring (bicyclic) bond motifs is 1. The van der Waals surface area contributed by atoms with Crippen molar-refractivity contribution in [2.45, 2.75) is 32.4 Å². The summed E-state index contributed by atoms with van der Waals surface area (Å²) >= 11 is 0. The number of carbonyl (C=O) groups is 1. The first kappa shape index (κ1) is 18.4. The topological polar surface area (TPSA) is 58.4 Å². The Labute approximate surface area is 150 Å². The normalized spacial score (nSPS) is 18.6. The van der Waals surface area contributed by atoms with Crippen LogP contribution >= 0.6 is 0 Å². The molecule has 1 amide bonds. The molecule has 0 radical (unpaired) electrons. The van der Waals surface area contributed by atoms with Crippen LogP contribution in [0, 0.1) is 0 Å². The van der Waals surface area contributed by atoms with Gasteiger partial charge in [0.05, 0.1) is 23.8 Å². The number of halogens is 2. The number of alkyl halides is 2. The standard InChI is InChI=1S/C18H22F2N4O2/c1-2-13-10-23(8-7-22(13)11-16(19)20)18(26)12-24-15-6-4-3-5-14(15)21-9-17(24)25/h3-6,9,13,16H,2,7-8,10-12H2,1H3. The molecule has 0 spiro atoms. The Kier molecular flexibility index (Phi) is 5.61. The minimum absolute atomic E-state index is 0.0762. The third kappa shape index (κ3) is 3.90. The molecule has 1 unspecified atom stereocenters. The van der Waals surface area contributed by atoms with E-state index >= 15 is 0 Å². The number of para-hydroxylation sites is 2. The molecular formula is C18H22F2N4O2. The molecular weight excluding hydrogens is 342 g/mol. The number of carbonyl (C=O) groups excluding carboxylic acids is 1. The third-order valence-electron chi connectivity index (χ3n) is 4.85. The molecule has 1 atom stereocenters. The van der Waals surface area contributed by atoms with E-state index in [1.165, 1.54) is 10.8 Å². The molecule has 8 heteroatoms. The molecule has 3 rings (SSSR count). The Morgan fingerprint density at radius 3 is 2.81 bits per heavy atom. The Hall–Kier alpha value is -2.35. The zero-order valence-electron chi connectivity index (χ0n) is 14.6. The van der Waals surface area contributed by atoms with Crippen molar-refractivity contribution in [3.05, 3.63) is 40.8 Å². The lowest BCUT2D eigenvalue weighted by Crippen LogP contribution is -2.56. The molecule has 1 aliphatic heterocycles. The number of aromatic nitrogens is 2. The lowest BCUT2D eigenvalue weighted by molar-refractivity contribution is -0.135. The van der Waals surface area contributed by atoms with Crippen LogP contribution < -0.4 is 5.56 Å². The van der Waals surface area contributed by atoms with Gasteiger partial charge in [0.15, 0.2) is 0 Å². The van der Waals surface area contributed by atoms with Crippen LogP contribution in [0.25, 0.3) is 11.0 Å². The molecule has 6 nitrogen and oxygen atoms in total. The smallest absolute Gasteiger partial charge is 0.269 e. The quantitative estimate of drug-likeness (QED) is 0.808. The minimum Gasteiger partial charge on any atom is -0.338 e. The summed E-state index contributed by atoms with van der Waals surface area (Å²) in [5.74, 6) is -0.182. The molecule has 1 fully saturated rings. The fourth-order valence-electron chi connectivity index (χ4n) is 3.44. The SMILES string of the molecule is CCC1CN(C(=O)Cn2c(=O)cnc3ccccc32)CCN1CC(F)F. The van der Waals surface area contributed by atoms with Gasteiger partial charge in [0, 0.05) is 25.7 Å². The maximum absolute atomic E-state index is 12.7. The van der Waals surface area contributed by atoms with Gasteiger partial charge in [0.2, 0.25) is 5.91 Å². The summed E-state index contributed by atoms with van der Waals surface area (Å²) < 4.78 is 26.8. The zero-order chi connectivity index (χ0) is 18.7. The summed E-state index contributed by atoms with van der Waals surface area (Å²) in [6, 6.07) is 7.06. The van der Waals surface area contributed by atoms with Crippen LogP contribution in [0.5, 0.6) is 0 Å². The van der Waals surface area contributed by atoms with Gasteiger partial charge in [-0.3, -0.25) is 19.1 Å². The van der Waals surface area contributed by atoms with Crippen LogP contribution in [0.4, 0.5) is 8.78 Å². The maximum atomic E-state index is 12.7. The van der Waals surface area contributed by atoms with Gasteiger partial charge in [-0.05, 0) is 18.6 Å². The summed E-state index contributed by atoms with van der Waals surface area (Å²) in [4.78, 5) is 32.4. The fourth-order valence-corrected chi connectivity index (χ4v) is 3.44. The second kappa shape index (κ2) is 7.90. The van der Waals surface area contributed by atoms with Gasteiger partial charge in [0.25, 0.3) is 12.0 Å². The van der Waals surface area contributed by atoms with Crippen LogP contribution in [0.3, 0.4) is 0 Å². The Morgan fingerprint density at radius 2 is 2.08 bits per heavy atom. The predicted octanol–water partition coefficient (Wildman–Crippen LogP) is 1.58. The highest BCUT2D eigenvalue weighted by Crippen LogP contribution is 2.16. The van der Waals surface area contributed by atoms with Gasteiger partial charge in [-0.15, -0.1) is 0 Å². The van der Waals surface area contributed by atoms with Crippen LogP contribution in [0.2, 0.25) is 0 Å². The van der Waals surface area contributed by atoms with E-state index in [9.17, 15) is 18.4 Å². The summed E-state index contributed by atoms with van der Waals surface area (Å²) in [7, 11) is 0. The molecule has 1 saturated heterocycles. The first-order chi connectivity index (χ1) is 12.5. The number of benzene rings is 1. The first-order valence-corrected chi connectivity index (χ1v) is 8.74. The van der Waals surface area contributed by atoms with Crippen molar-refractivity contribution in [3.63, 3.8) is 0 Å². The lowest BCUT2D eigenvalue weighted by atomic mass is 10.1. The van der Waals surface area contributed by atoms with Crippen molar-refractivity contribution in [1.82, 2.24) is 19.4 Å². The minimum atomic E-state index is -2.38. The molecule has 26 heavy (non-hydrogen) atoms. The van der Waals surface area contributed by atoms with E-state index in [1.807, 2.05) is 13.0 Å². The Morgan fingerprint density at radius 1 is 1.31 bits per heavy atom. The van der Waals surface area contributed by atoms with Crippen LogP contribution in [0.1, 0.15) is 13.3 Å². The van der Waals surface area contributed by atoms with Gasteiger partial charge in [-0.2, -0.15) is 0 Å². The Balaban J connectivity index is 1.75. The number of piperazine rings is 1. The maximum Gasteiger partial charge on any atom is 0.269 e. The van der Waals surface area contributed by atoms with E-state index in [4.69, 9.17) is 0 Å². The summed E-state index contributed by atoms with van der Waals surface area (Å²) in [5, 5.41) is 0. The van der Waals surface area contributed by atoms with Gasteiger partial charge in [0.1, 0.15) is 6.54 Å². The van der Waals surface area contributed by atoms with E-state index in [1.54, 1.807) is 28.0 Å². The number of hydrogen-bond acceptors (Lipinski definition) is 4. The van der Waals surface area contributed by atoms with Crippen molar-refractivity contribution in [1.29, 1.82) is 0 Å². The number of amides is 1. The largest absolute Gasteiger partial charge is 0.338 e. The summed E-state index contributed by atoms with van der Waals surface area (Å²) in [5.41, 5.74) is 0.922. The van der Waals surface area contributed by atoms with Crippen molar-refractivity contribution in [2.24, 2.45) is 0 Å². The highest BCUT2D eigenvalue weighted by atomic mass is 19.3. The van der Waals surface area contributed by atoms with E-state index in [-0.39, 0.29) is 30.6 Å². The molecule has 2 heterocycles. The van der Waals surface area contributed by atoms with Crippen molar-refractivity contribution >= 4 is 16.9 Å². The molecule has 0 bridgehead atoms. The van der Waals surface area contributed by atoms with Gasteiger partial charge in [-0.1, -0.05) is 19.1 Å². The molecule has 1 aromatic carbocycles. The van der Waals surface area contributed by atoms with E-state index in [0.717, 1.165) is 0 Å². The van der Waals surface area contributed by atoms with Crippen LogP contribution in [-0.2, 0) is 11.3 Å². The fraction of sp³-hybridized carbons (Fsp3) is 0.500. The highest BCUT2D eigenvalue weighted by Gasteiger charge is 2.30. The number of nitrogens with zero attached hydrogens (tertiary/aromatic N) is 4. The lowest BCUT2D eigenvalue weighted by Gasteiger charge is -2.41. The van der Waals surface area contributed by atoms with Crippen LogP contribution in [0.15, 0.2) is 35.3 Å². The average molecular weight is 364 g/mol.